The maximum Gasteiger partial charge on any atom is 0.0336 e. The molecule has 1 N–H and O–H groups in total. The molecular formula is C30H28FeNP-6. The van der Waals surface area contributed by atoms with E-state index in [1.54, 1.807) is 0 Å². The Morgan fingerprint density at radius 1 is 0.636 bits per heavy atom. The van der Waals surface area contributed by atoms with Gasteiger partial charge in [0, 0.05) is 28.8 Å². The molecule has 1 atom stereocenters. The molecule has 0 fully saturated rings. The quantitative estimate of drug-likeness (QED) is 0.158. The van der Waals surface area contributed by atoms with Crippen molar-refractivity contribution < 1.29 is 17.1 Å². The van der Waals surface area contributed by atoms with Crippen LogP contribution in [0.25, 0.3) is 0 Å². The van der Waals surface area contributed by atoms with Crippen LogP contribution in [0.1, 0.15) is 18.5 Å². The van der Waals surface area contributed by atoms with Gasteiger partial charge >= 0.3 is 0 Å². The topological polar surface area (TPSA) is 12.0 Å². The van der Waals surface area contributed by atoms with Crippen LogP contribution in [-0.4, -0.2) is 0 Å². The van der Waals surface area contributed by atoms with Crippen LogP contribution < -0.4 is 21.2 Å². The number of para-hydroxylation sites is 1. The van der Waals surface area contributed by atoms with Crippen LogP contribution in [0.3, 0.4) is 0 Å². The molecule has 0 bridgehead atoms. The van der Waals surface area contributed by atoms with Crippen LogP contribution in [0.2, 0.25) is 0 Å². The molecule has 3 heteroatoms. The summed E-state index contributed by atoms with van der Waals surface area (Å²) in [5, 5.41) is 7.86. The first-order chi connectivity index (χ1) is 15.8. The van der Waals surface area contributed by atoms with Gasteiger partial charge in [0.15, 0.2) is 0 Å². The van der Waals surface area contributed by atoms with Gasteiger partial charge < -0.3 is 35.6 Å². The van der Waals surface area contributed by atoms with Crippen molar-refractivity contribution in [2.24, 2.45) is 0 Å². The molecule has 172 valence electrons. The molecule has 0 aliphatic carbocycles. The van der Waals surface area contributed by atoms with Gasteiger partial charge in [-0.3, -0.25) is 0 Å². The van der Waals surface area contributed by atoms with E-state index in [2.05, 4.69) is 115 Å². The Morgan fingerprint density at radius 2 is 1.09 bits per heavy atom. The average Bonchev–Trinajstić information content (AvgIpc) is 3.57. The molecule has 0 radical (unpaired) electrons. The van der Waals surface area contributed by atoms with Gasteiger partial charge in [0.2, 0.25) is 0 Å². The summed E-state index contributed by atoms with van der Waals surface area (Å²) < 4.78 is 0. The third-order valence-electron chi connectivity index (χ3n) is 5.27. The molecule has 0 aliphatic heterocycles. The Morgan fingerprint density at radius 3 is 1.58 bits per heavy atom. The molecule has 0 unspecified atom stereocenters. The zero-order valence-electron chi connectivity index (χ0n) is 18.7. The molecule has 5 aromatic rings. The molecule has 0 amide bonds. The third-order valence-corrected chi connectivity index (χ3v) is 7.79. The number of nitrogens with one attached hydrogen (secondary N) is 1. The zero-order valence-corrected chi connectivity index (χ0v) is 20.7. The summed E-state index contributed by atoms with van der Waals surface area (Å²) in [5.41, 5.74) is 2.53. The Hall–Kier alpha value is -2.89. The maximum atomic E-state index is 3.65. The summed E-state index contributed by atoms with van der Waals surface area (Å²) in [6.45, 7) is 2.25. The van der Waals surface area contributed by atoms with Gasteiger partial charge in [-0.1, -0.05) is 85.8 Å². The van der Waals surface area contributed by atoms with Crippen LogP contribution in [0.4, 0.5) is 5.69 Å². The molecule has 0 heterocycles. The first kappa shape index (κ1) is 24.7. The average molecular weight is 489 g/mol. The standard InChI is InChI=1S/C25H23NP.C5H5.Fe/c1-20(26-21-12-5-2-6-13-21)24-18-11-19-25(24)27(22-14-7-3-8-15-22)23-16-9-4-10-17-23;1-2-4-5-3-1;/h2-20,26H,1H3;1-5H;/q-1;-5;/t20-;;/m1../s1. The van der Waals surface area contributed by atoms with E-state index in [-0.39, 0.29) is 23.1 Å². The van der Waals surface area contributed by atoms with Crippen molar-refractivity contribution >= 4 is 29.5 Å². The van der Waals surface area contributed by atoms with Crippen molar-refractivity contribution in [2.45, 2.75) is 13.0 Å². The molecule has 0 aromatic heterocycles. The number of rotatable bonds is 6. The number of hydrogen-bond donors (Lipinski definition) is 1. The van der Waals surface area contributed by atoms with Crippen molar-refractivity contribution in [1.82, 2.24) is 0 Å². The van der Waals surface area contributed by atoms with E-state index in [9.17, 15) is 0 Å². The normalized spacial score (nSPS) is 11.1. The van der Waals surface area contributed by atoms with Gasteiger partial charge in [-0.25, -0.2) is 12.1 Å². The number of benzene rings is 3. The summed E-state index contributed by atoms with van der Waals surface area (Å²) >= 11 is 0. The molecule has 5 rings (SSSR count). The van der Waals surface area contributed by atoms with Crippen molar-refractivity contribution in [3.05, 3.63) is 145 Å². The second kappa shape index (κ2) is 13.0. The minimum Gasteiger partial charge on any atom is -0.748 e. The maximum absolute atomic E-state index is 3.65. The number of hydrogen-bond acceptors (Lipinski definition) is 1. The monoisotopic (exact) mass is 489 g/mol. The van der Waals surface area contributed by atoms with E-state index in [1.807, 2.05) is 36.4 Å². The van der Waals surface area contributed by atoms with Gasteiger partial charge in [0.05, 0.1) is 0 Å². The second-order valence-electron chi connectivity index (χ2n) is 7.57. The summed E-state index contributed by atoms with van der Waals surface area (Å²) in [5.74, 6) is 0. The minimum absolute atomic E-state index is 0. The Labute approximate surface area is 209 Å². The van der Waals surface area contributed by atoms with Gasteiger partial charge in [-0.15, -0.1) is 10.9 Å². The van der Waals surface area contributed by atoms with Crippen LogP contribution in [-0.2, 0) is 17.1 Å². The Kier molecular flexibility index (Phi) is 9.73. The predicted octanol–water partition coefficient (Wildman–Crippen LogP) is 6.74. The fraction of sp³-hybridized carbons (Fsp3) is 0.0667. The van der Waals surface area contributed by atoms with E-state index in [4.69, 9.17) is 0 Å². The van der Waals surface area contributed by atoms with Crippen LogP contribution >= 0.6 is 7.92 Å². The van der Waals surface area contributed by atoms with Gasteiger partial charge in [0.25, 0.3) is 0 Å². The smallest absolute Gasteiger partial charge is 0.0336 e. The first-order valence-electron chi connectivity index (χ1n) is 11.0. The summed E-state index contributed by atoms with van der Waals surface area (Å²) in [7, 11) is -0.577. The van der Waals surface area contributed by atoms with E-state index >= 15 is 0 Å². The predicted molar refractivity (Wildman–Crippen MR) is 141 cm³/mol. The van der Waals surface area contributed by atoms with E-state index in [0.717, 1.165) is 5.69 Å². The molecular weight excluding hydrogens is 461 g/mol. The summed E-state index contributed by atoms with van der Waals surface area (Å²) in [4.78, 5) is 0. The van der Waals surface area contributed by atoms with E-state index < -0.39 is 7.92 Å². The molecule has 0 spiro atoms. The molecule has 1 nitrogen and oxygen atoms in total. The third kappa shape index (κ3) is 6.80. The summed E-state index contributed by atoms with van der Waals surface area (Å²) in [6.07, 6.45) is 0. The van der Waals surface area contributed by atoms with Crippen LogP contribution in [0.5, 0.6) is 0 Å². The molecule has 0 saturated heterocycles. The van der Waals surface area contributed by atoms with E-state index in [0.29, 0.717) is 0 Å². The van der Waals surface area contributed by atoms with Gasteiger partial charge in [-0.05, 0) is 30.7 Å². The fourth-order valence-electron chi connectivity index (χ4n) is 3.76. The van der Waals surface area contributed by atoms with E-state index in [1.165, 1.54) is 21.5 Å². The molecule has 5 aromatic carbocycles. The van der Waals surface area contributed by atoms with Crippen molar-refractivity contribution in [1.29, 1.82) is 0 Å². The second-order valence-corrected chi connectivity index (χ2v) is 9.75. The van der Waals surface area contributed by atoms with Crippen molar-refractivity contribution in [3.8, 4) is 0 Å². The number of anilines is 1. The molecule has 0 aliphatic rings. The molecule has 0 saturated carbocycles. The largest absolute Gasteiger partial charge is 0.748 e. The van der Waals surface area contributed by atoms with Crippen molar-refractivity contribution in [2.75, 3.05) is 5.32 Å². The van der Waals surface area contributed by atoms with Crippen molar-refractivity contribution in [3.63, 3.8) is 0 Å². The Bertz CT molecular complexity index is 1100. The van der Waals surface area contributed by atoms with Crippen LogP contribution in [0, 0.1) is 0 Å². The summed E-state index contributed by atoms with van der Waals surface area (Å²) in [6, 6.07) is 49.2. The minimum atomic E-state index is -0.577. The SMILES string of the molecule is C[C@@H](Nc1ccccc1)[c-]1cccc1P(c1ccccc1)c1ccccc1.[Fe].[cH-]1[cH-][cH-][cH-][cH-]1. The van der Waals surface area contributed by atoms with Gasteiger partial charge in [0.1, 0.15) is 0 Å². The fourth-order valence-corrected chi connectivity index (χ4v) is 6.32. The zero-order chi connectivity index (χ0) is 22.0. The molecule has 33 heavy (non-hydrogen) atoms. The van der Waals surface area contributed by atoms with Gasteiger partial charge in [-0.2, -0.15) is 6.07 Å². The van der Waals surface area contributed by atoms with Crippen LogP contribution in [0.15, 0.2) is 140 Å². The first-order valence-corrected chi connectivity index (χ1v) is 12.3. The Balaban J connectivity index is 0.000000453.